The van der Waals surface area contributed by atoms with Crippen LogP contribution in [0.25, 0.3) is 0 Å². The summed E-state index contributed by atoms with van der Waals surface area (Å²) in [5, 5.41) is 1.06. The normalized spacial score (nSPS) is 17.5. The number of sulfonamides is 1. The summed E-state index contributed by atoms with van der Waals surface area (Å²) in [7, 11) is -3.33. The van der Waals surface area contributed by atoms with Gasteiger partial charge in [-0.2, -0.15) is 0 Å². The number of hydrogen-bond donors (Lipinski definition) is 0. The van der Waals surface area contributed by atoms with Crippen LogP contribution in [-0.4, -0.2) is 51.5 Å². The second kappa shape index (κ2) is 12.1. The Labute approximate surface area is 254 Å². The van der Waals surface area contributed by atoms with Gasteiger partial charge in [0.25, 0.3) is 0 Å². The number of carbonyl (C=O) groups is 1. The van der Waals surface area contributed by atoms with Crippen LogP contribution in [0, 0.1) is 13.8 Å². The highest BCUT2D eigenvalue weighted by Gasteiger charge is 2.46. The fourth-order valence-corrected chi connectivity index (χ4v) is 7.99. The second-order valence-electron chi connectivity index (χ2n) is 11.9. The SMILES string of the molecule is Cc1cc(C)cc(C(=O)CC[C@H](CCN2CCC3(CC2)CN(S(C)(=O)=O)c2ccccc23)c2ccc(Cl)c(Cl)c2)c1. The number of ketones is 1. The number of hydrogen-bond acceptors (Lipinski definition) is 4. The summed E-state index contributed by atoms with van der Waals surface area (Å²) in [5.74, 6) is 0.334. The van der Waals surface area contributed by atoms with E-state index in [4.69, 9.17) is 23.2 Å². The molecule has 0 N–H and O–H groups in total. The number of carbonyl (C=O) groups excluding carboxylic acids is 1. The molecule has 0 aromatic heterocycles. The third-order valence-corrected chi connectivity index (χ3v) is 10.7. The molecule has 3 aromatic rings. The van der Waals surface area contributed by atoms with Gasteiger partial charge >= 0.3 is 0 Å². The Hall–Kier alpha value is -2.38. The minimum absolute atomic E-state index is 0.141. The zero-order valence-corrected chi connectivity index (χ0v) is 26.3. The van der Waals surface area contributed by atoms with Crippen molar-refractivity contribution in [1.29, 1.82) is 0 Å². The van der Waals surface area contributed by atoms with Gasteiger partial charge in [0.05, 0.1) is 22.0 Å². The van der Waals surface area contributed by atoms with Crippen molar-refractivity contribution in [3.05, 3.63) is 98.5 Å². The summed E-state index contributed by atoms with van der Waals surface area (Å²) in [4.78, 5) is 15.6. The fraction of sp³-hybridized carbons (Fsp3) is 0.424. The molecule has 0 radical (unpaired) electrons. The van der Waals surface area contributed by atoms with Gasteiger partial charge in [-0.15, -0.1) is 0 Å². The summed E-state index contributed by atoms with van der Waals surface area (Å²) in [5.41, 5.74) is 5.92. The van der Waals surface area contributed by atoms with E-state index in [1.807, 2.05) is 62.4 Å². The highest BCUT2D eigenvalue weighted by atomic mass is 35.5. The first-order valence-electron chi connectivity index (χ1n) is 14.3. The van der Waals surface area contributed by atoms with Crippen LogP contribution in [-0.2, 0) is 15.4 Å². The Balaban J connectivity index is 1.26. The molecule has 0 bridgehead atoms. The number of benzene rings is 3. The average Bonchev–Trinajstić information content (AvgIpc) is 3.25. The number of rotatable bonds is 9. The van der Waals surface area contributed by atoms with E-state index in [9.17, 15) is 13.2 Å². The minimum Gasteiger partial charge on any atom is -0.303 e. The molecule has 3 aromatic carbocycles. The highest BCUT2D eigenvalue weighted by molar-refractivity contribution is 7.92. The largest absolute Gasteiger partial charge is 0.303 e. The highest BCUT2D eigenvalue weighted by Crippen LogP contribution is 2.48. The van der Waals surface area contributed by atoms with Gasteiger partial charge in [0.15, 0.2) is 5.78 Å². The lowest BCUT2D eigenvalue weighted by atomic mass is 9.74. The van der Waals surface area contributed by atoms with Crippen molar-refractivity contribution in [1.82, 2.24) is 4.90 Å². The molecule has 1 spiro atoms. The fourth-order valence-electron chi connectivity index (χ4n) is 6.68. The molecule has 5 nitrogen and oxygen atoms in total. The summed E-state index contributed by atoms with van der Waals surface area (Å²) >= 11 is 12.6. The molecule has 1 fully saturated rings. The molecule has 8 heteroatoms. The molecule has 0 aliphatic carbocycles. The number of fused-ring (bicyclic) bond motifs is 2. The smallest absolute Gasteiger partial charge is 0.232 e. The maximum atomic E-state index is 13.1. The third-order valence-electron chi connectivity index (χ3n) is 8.88. The predicted molar refractivity (Wildman–Crippen MR) is 169 cm³/mol. The van der Waals surface area contributed by atoms with Crippen LogP contribution in [0.4, 0.5) is 5.69 Å². The van der Waals surface area contributed by atoms with Crippen molar-refractivity contribution in [3.63, 3.8) is 0 Å². The minimum atomic E-state index is -3.33. The van der Waals surface area contributed by atoms with Crippen LogP contribution in [0.2, 0.25) is 10.0 Å². The van der Waals surface area contributed by atoms with Crippen LogP contribution in [0.1, 0.15) is 70.6 Å². The van der Waals surface area contributed by atoms with E-state index < -0.39 is 10.0 Å². The van der Waals surface area contributed by atoms with Crippen LogP contribution < -0.4 is 4.31 Å². The summed E-state index contributed by atoms with van der Waals surface area (Å²) in [6.07, 6.45) is 5.23. The van der Waals surface area contributed by atoms with Gasteiger partial charge in [0.2, 0.25) is 10.0 Å². The van der Waals surface area contributed by atoms with Crippen molar-refractivity contribution in [2.45, 2.75) is 57.3 Å². The van der Waals surface area contributed by atoms with Gasteiger partial charge in [0.1, 0.15) is 0 Å². The number of halogens is 2. The van der Waals surface area contributed by atoms with Gasteiger partial charge in [-0.05, 0) is 107 Å². The van der Waals surface area contributed by atoms with Crippen LogP contribution in [0.15, 0.2) is 60.7 Å². The number of likely N-dealkylation sites (tertiary alicyclic amines) is 1. The molecule has 218 valence electrons. The van der Waals surface area contributed by atoms with E-state index in [1.54, 1.807) is 4.31 Å². The number of para-hydroxylation sites is 1. The lowest BCUT2D eigenvalue weighted by Gasteiger charge is -2.40. The first-order valence-corrected chi connectivity index (χ1v) is 16.9. The number of Topliss-reactive ketones (excluding diaryl/α,β-unsaturated/α-hetero) is 1. The van der Waals surface area contributed by atoms with E-state index in [2.05, 4.69) is 17.0 Å². The van der Waals surface area contributed by atoms with Gasteiger partial charge in [-0.3, -0.25) is 9.10 Å². The monoisotopic (exact) mass is 612 g/mol. The van der Waals surface area contributed by atoms with Crippen molar-refractivity contribution < 1.29 is 13.2 Å². The average molecular weight is 614 g/mol. The quantitative estimate of drug-likeness (QED) is 0.234. The second-order valence-corrected chi connectivity index (χ2v) is 14.6. The van der Waals surface area contributed by atoms with Crippen molar-refractivity contribution in [2.24, 2.45) is 0 Å². The van der Waals surface area contributed by atoms with E-state index >= 15 is 0 Å². The van der Waals surface area contributed by atoms with Gasteiger partial charge < -0.3 is 4.90 Å². The summed E-state index contributed by atoms with van der Waals surface area (Å²) < 4.78 is 26.7. The molecule has 1 saturated heterocycles. The van der Waals surface area contributed by atoms with Crippen LogP contribution >= 0.6 is 23.2 Å². The maximum Gasteiger partial charge on any atom is 0.232 e. The van der Waals surface area contributed by atoms with Crippen LogP contribution in [0.3, 0.4) is 0 Å². The summed E-state index contributed by atoms with van der Waals surface area (Å²) in [6.45, 7) is 7.27. The molecule has 2 aliphatic heterocycles. The molecule has 2 heterocycles. The number of anilines is 1. The number of nitrogens with zero attached hydrogens (tertiary/aromatic N) is 2. The number of piperidine rings is 1. The van der Waals surface area contributed by atoms with Crippen molar-refractivity contribution in [2.75, 3.05) is 36.7 Å². The van der Waals surface area contributed by atoms with Crippen molar-refractivity contribution in [3.8, 4) is 0 Å². The molecular weight excluding hydrogens is 575 g/mol. The Morgan fingerprint density at radius 3 is 2.27 bits per heavy atom. The molecule has 5 rings (SSSR count). The standard InChI is InChI=1S/C33H38Cl2N2O3S/c1-23-18-24(2)20-27(19-23)32(38)11-9-25(26-8-10-29(34)30(35)21-26)12-15-36-16-13-33(14-17-36)22-37(41(3,39)40)31-7-5-4-6-28(31)33/h4-8,10,18-21,25H,9,11-17,22H2,1-3H3/t25-/m1/s1. The van der Waals surface area contributed by atoms with Crippen molar-refractivity contribution >= 4 is 44.7 Å². The lowest BCUT2D eigenvalue weighted by Crippen LogP contribution is -2.46. The maximum absolute atomic E-state index is 13.1. The van der Waals surface area contributed by atoms with Gasteiger partial charge in [-0.25, -0.2) is 8.42 Å². The lowest BCUT2D eigenvalue weighted by molar-refractivity contribution is 0.0975. The number of aryl methyl sites for hydroxylation is 2. The summed E-state index contributed by atoms with van der Waals surface area (Å²) in [6, 6.07) is 19.8. The Morgan fingerprint density at radius 2 is 1.61 bits per heavy atom. The third kappa shape index (κ3) is 6.67. The first kappa shape index (κ1) is 30.1. The van der Waals surface area contributed by atoms with E-state index in [0.29, 0.717) is 23.0 Å². The van der Waals surface area contributed by atoms with Crippen LogP contribution in [0.5, 0.6) is 0 Å². The molecule has 1 atom stereocenters. The van der Waals surface area contributed by atoms with Gasteiger partial charge in [0, 0.05) is 23.9 Å². The Kier molecular flexibility index (Phi) is 8.87. The Morgan fingerprint density at radius 1 is 0.927 bits per heavy atom. The predicted octanol–water partition coefficient (Wildman–Crippen LogP) is 7.56. The van der Waals surface area contributed by atoms with E-state index in [-0.39, 0.29) is 17.1 Å². The van der Waals surface area contributed by atoms with Gasteiger partial charge in [-0.1, -0.05) is 64.7 Å². The molecular formula is C33H38Cl2N2O3S. The first-order chi connectivity index (χ1) is 19.4. The zero-order valence-electron chi connectivity index (χ0n) is 24.0. The zero-order chi connectivity index (χ0) is 29.4. The molecule has 0 unspecified atom stereocenters. The molecule has 0 saturated carbocycles. The van der Waals surface area contributed by atoms with E-state index in [0.717, 1.165) is 78.8 Å². The molecule has 0 amide bonds. The Bertz CT molecular complexity index is 1530. The van der Waals surface area contributed by atoms with E-state index in [1.165, 1.54) is 6.26 Å². The molecule has 41 heavy (non-hydrogen) atoms. The molecule has 2 aliphatic rings. The topological polar surface area (TPSA) is 57.7 Å².